The third kappa shape index (κ3) is 5.48. The van der Waals surface area contributed by atoms with Crippen LogP contribution in [0.3, 0.4) is 0 Å². The van der Waals surface area contributed by atoms with Crippen molar-refractivity contribution in [3.8, 4) is 0 Å². The number of nitrogens with zero attached hydrogens (tertiary/aromatic N) is 2. The number of thioether (sulfide) groups is 1. The van der Waals surface area contributed by atoms with Crippen molar-refractivity contribution in [1.29, 1.82) is 0 Å². The quantitative estimate of drug-likeness (QED) is 0.389. The first-order chi connectivity index (χ1) is 16.5. The van der Waals surface area contributed by atoms with E-state index in [1.165, 1.54) is 28.8 Å². The predicted octanol–water partition coefficient (Wildman–Crippen LogP) is 5.10. The smallest absolute Gasteiger partial charge is 0.348 e. The molecule has 0 radical (unpaired) electrons. The van der Waals surface area contributed by atoms with E-state index in [4.69, 9.17) is 0 Å². The first-order valence-electron chi connectivity index (χ1n) is 10.9. The van der Waals surface area contributed by atoms with Gasteiger partial charge in [0, 0.05) is 23.4 Å². The number of nitrogens with one attached hydrogen (secondary N) is 1. The molecule has 1 aliphatic carbocycles. The van der Waals surface area contributed by atoms with Crippen molar-refractivity contribution in [3.63, 3.8) is 0 Å². The molecule has 10 heteroatoms. The van der Waals surface area contributed by atoms with Crippen molar-refractivity contribution in [1.82, 2.24) is 14.9 Å². The summed E-state index contributed by atoms with van der Waals surface area (Å²) in [6.07, 6.45) is 1.36. The number of benzene rings is 2. The maximum atomic E-state index is 13.5. The molecular weight excluding hydrogens is 479 g/mol. The highest BCUT2D eigenvalue weighted by Crippen LogP contribution is 2.36. The number of allylic oxidation sites excluding steroid dienone is 1. The van der Waals surface area contributed by atoms with Crippen LogP contribution in [-0.2, 0) is 11.3 Å². The van der Waals surface area contributed by atoms with E-state index in [1.807, 2.05) is 0 Å². The molecule has 1 N–H and O–H groups in total. The van der Waals surface area contributed by atoms with Crippen LogP contribution in [0.2, 0.25) is 0 Å². The average molecular weight is 502 g/mol. The fourth-order valence-electron chi connectivity index (χ4n) is 4.25. The van der Waals surface area contributed by atoms with Gasteiger partial charge in [-0.25, -0.2) is 4.98 Å². The Balaban J connectivity index is 1.59. The Bertz CT molecular complexity index is 1380. The number of aryl methyl sites for hydroxylation is 1. The summed E-state index contributed by atoms with van der Waals surface area (Å²) in [6, 6.07) is 9.58. The molecule has 1 unspecified atom stereocenters. The standard InChI is InChI=1S/C25H22F3N3O3S/c1-14-6-11-20(21(32)12-14)31-15(2)30-19-5-3-4-17(22(19)24(31)34)13-29-23(33)16-7-9-18(10-8-16)35-25(26,27)28/h3-5,7-10,20H,1,6,11-13H2,2H3,(H,29,33). The van der Waals surface area contributed by atoms with Crippen LogP contribution in [0.5, 0.6) is 0 Å². The third-order valence-electron chi connectivity index (χ3n) is 5.86. The van der Waals surface area contributed by atoms with Crippen molar-refractivity contribution in [2.24, 2.45) is 0 Å². The van der Waals surface area contributed by atoms with Crippen LogP contribution in [-0.4, -0.2) is 26.7 Å². The van der Waals surface area contributed by atoms with Gasteiger partial charge in [-0.15, -0.1) is 0 Å². The van der Waals surface area contributed by atoms with Gasteiger partial charge in [-0.2, -0.15) is 13.2 Å². The first-order valence-corrected chi connectivity index (χ1v) is 11.7. The molecule has 6 nitrogen and oxygen atoms in total. The molecule has 1 amide bonds. The summed E-state index contributed by atoms with van der Waals surface area (Å²) in [4.78, 5) is 43.2. The van der Waals surface area contributed by atoms with Crippen molar-refractivity contribution >= 4 is 34.4 Å². The van der Waals surface area contributed by atoms with Gasteiger partial charge in [0.1, 0.15) is 5.82 Å². The van der Waals surface area contributed by atoms with Gasteiger partial charge in [0.15, 0.2) is 5.78 Å². The van der Waals surface area contributed by atoms with E-state index >= 15 is 0 Å². The molecule has 1 aliphatic rings. The number of alkyl halides is 3. The summed E-state index contributed by atoms with van der Waals surface area (Å²) in [6.45, 7) is 5.56. The lowest BCUT2D eigenvalue weighted by Gasteiger charge is -2.26. The topological polar surface area (TPSA) is 81.1 Å². The average Bonchev–Trinajstić information content (AvgIpc) is 2.78. The summed E-state index contributed by atoms with van der Waals surface area (Å²) < 4.78 is 39.0. The summed E-state index contributed by atoms with van der Waals surface area (Å²) in [5.74, 6) is -0.135. The van der Waals surface area contributed by atoms with E-state index in [0.29, 0.717) is 35.1 Å². The Kier molecular flexibility index (Phi) is 6.84. The van der Waals surface area contributed by atoms with Gasteiger partial charge in [0.05, 0.1) is 16.9 Å². The number of carbonyl (C=O) groups excluding carboxylic acids is 2. The van der Waals surface area contributed by atoms with Crippen LogP contribution in [0, 0.1) is 6.92 Å². The predicted molar refractivity (Wildman–Crippen MR) is 127 cm³/mol. The largest absolute Gasteiger partial charge is 0.446 e. The van der Waals surface area contributed by atoms with Gasteiger partial charge >= 0.3 is 5.51 Å². The molecule has 1 aromatic heterocycles. The molecule has 182 valence electrons. The summed E-state index contributed by atoms with van der Waals surface area (Å²) in [7, 11) is 0. The fourth-order valence-corrected chi connectivity index (χ4v) is 4.79. The fraction of sp³-hybridized carbons (Fsp3) is 0.280. The van der Waals surface area contributed by atoms with Crippen molar-refractivity contribution < 1.29 is 22.8 Å². The van der Waals surface area contributed by atoms with Gasteiger partial charge in [-0.1, -0.05) is 24.3 Å². The van der Waals surface area contributed by atoms with Gasteiger partial charge < -0.3 is 5.32 Å². The highest BCUT2D eigenvalue weighted by molar-refractivity contribution is 8.00. The van der Waals surface area contributed by atoms with E-state index < -0.39 is 17.5 Å². The minimum atomic E-state index is -4.41. The van der Waals surface area contributed by atoms with Crippen molar-refractivity contribution in [2.75, 3.05) is 0 Å². The molecule has 3 aromatic rings. The van der Waals surface area contributed by atoms with Crippen LogP contribution in [0.1, 0.15) is 47.1 Å². The Labute approximate surface area is 203 Å². The molecule has 1 saturated carbocycles. The van der Waals surface area contributed by atoms with Crippen LogP contribution < -0.4 is 10.9 Å². The summed E-state index contributed by atoms with van der Waals surface area (Å²) in [5, 5.41) is 3.02. The number of halogens is 3. The van der Waals surface area contributed by atoms with E-state index in [2.05, 4.69) is 16.9 Å². The molecular formula is C25H22F3N3O3S. The number of fused-ring (bicyclic) bond motifs is 1. The molecule has 35 heavy (non-hydrogen) atoms. The maximum absolute atomic E-state index is 13.5. The van der Waals surface area contributed by atoms with Crippen molar-refractivity contribution in [3.05, 3.63) is 81.9 Å². The SMILES string of the molecule is C=C1CCC(n2c(C)nc3cccc(CNC(=O)c4ccc(SC(F)(F)F)cc4)c3c2=O)C(=O)C1. The normalized spacial score (nSPS) is 16.5. The van der Waals surface area contributed by atoms with E-state index in [-0.39, 0.29) is 46.5 Å². The molecule has 0 bridgehead atoms. The number of rotatable bonds is 5. The van der Waals surface area contributed by atoms with Gasteiger partial charge in [0.25, 0.3) is 11.5 Å². The van der Waals surface area contributed by atoms with Crippen LogP contribution >= 0.6 is 11.8 Å². The van der Waals surface area contributed by atoms with E-state index in [0.717, 1.165) is 5.57 Å². The Morgan fingerprint density at radius 1 is 1.20 bits per heavy atom. The highest BCUT2D eigenvalue weighted by atomic mass is 32.2. The van der Waals surface area contributed by atoms with Crippen LogP contribution in [0.4, 0.5) is 13.2 Å². The Morgan fingerprint density at radius 3 is 2.57 bits per heavy atom. The number of Topliss-reactive ketones (excluding diaryl/α,β-unsaturated/α-hetero) is 1. The lowest BCUT2D eigenvalue weighted by Crippen LogP contribution is -2.35. The molecule has 2 aromatic carbocycles. The molecule has 4 rings (SSSR count). The van der Waals surface area contributed by atoms with Gasteiger partial charge in [0.2, 0.25) is 0 Å². The monoisotopic (exact) mass is 501 g/mol. The van der Waals surface area contributed by atoms with E-state index in [1.54, 1.807) is 25.1 Å². The zero-order chi connectivity index (χ0) is 25.3. The molecule has 1 heterocycles. The second-order valence-corrected chi connectivity index (χ2v) is 9.49. The lowest BCUT2D eigenvalue weighted by atomic mass is 9.90. The van der Waals surface area contributed by atoms with Crippen LogP contribution in [0.25, 0.3) is 10.9 Å². The summed E-state index contributed by atoms with van der Waals surface area (Å²) >= 11 is -0.256. The minimum absolute atomic E-state index is 0.00459. The number of ketones is 1. The first kappa shape index (κ1) is 24.7. The Morgan fingerprint density at radius 2 is 1.91 bits per heavy atom. The van der Waals surface area contributed by atoms with Crippen molar-refractivity contribution in [2.45, 2.75) is 49.2 Å². The number of aromatic nitrogens is 2. The Hall–Kier alpha value is -3.40. The second-order valence-electron chi connectivity index (χ2n) is 8.35. The molecule has 1 atom stereocenters. The highest BCUT2D eigenvalue weighted by Gasteiger charge is 2.30. The number of hydrogen-bond donors (Lipinski definition) is 1. The molecule has 0 saturated heterocycles. The molecule has 1 fully saturated rings. The molecule has 0 aliphatic heterocycles. The zero-order valence-corrected chi connectivity index (χ0v) is 19.6. The lowest BCUT2D eigenvalue weighted by molar-refractivity contribution is -0.122. The number of hydrogen-bond acceptors (Lipinski definition) is 5. The molecule has 0 spiro atoms. The van der Waals surface area contributed by atoms with Gasteiger partial charge in [-0.05, 0) is 67.4 Å². The van der Waals surface area contributed by atoms with Crippen LogP contribution in [0.15, 0.2) is 64.3 Å². The van der Waals surface area contributed by atoms with Gasteiger partial charge in [-0.3, -0.25) is 19.0 Å². The zero-order valence-electron chi connectivity index (χ0n) is 18.8. The minimum Gasteiger partial charge on any atom is -0.348 e. The number of carbonyl (C=O) groups is 2. The van der Waals surface area contributed by atoms with E-state index in [9.17, 15) is 27.6 Å². The third-order valence-corrected chi connectivity index (χ3v) is 6.60. The maximum Gasteiger partial charge on any atom is 0.446 e. The number of amides is 1. The summed E-state index contributed by atoms with van der Waals surface area (Å²) in [5.41, 5.74) is -2.74. The second kappa shape index (κ2) is 9.69.